The zero-order valence-electron chi connectivity index (χ0n) is 21.3. The zero-order valence-corrected chi connectivity index (χ0v) is 22.8. The maximum atomic E-state index is 13.5. The highest BCUT2D eigenvalue weighted by atomic mass is 35.5. The predicted octanol–water partition coefficient (Wildman–Crippen LogP) is 3.27. The minimum Gasteiger partial charge on any atom is -0.481 e. The van der Waals surface area contributed by atoms with Crippen molar-refractivity contribution in [3.8, 4) is 17.4 Å². The summed E-state index contributed by atoms with van der Waals surface area (Å²) in [5.41, 5.74) is 0.206. The van der Waals surface area contributed by atoms with E-state index in [1.165, 1.54) is 33.5 Å². The van der Waals surface area contributed by atoms with E-state index in [0.29, 0.717) is 29.0 Å². The summed E-state index contributed by atoms with van der Waals surface area (Å²) in [6, 6.07) is 5.24. The molecule has 0 saturated carbocycles. The fourth-order valence-electron chi connectivity index (χ4n) is 4.16. The van der Waals surface area contributed by atoms with Crippen molar-refractivity contribution in [3.05, 3.63) is 41.4 Å². The quantitative estimate of drug-likeness (QED) is 0.398. The summed E-state index contributed by atoms with van der Waals surface area (Å²) < 4.78 is 48.0. The smallest absolute Gasteiger partial charge is 0.240 e. The molecule has 0 aromatic carbocycles. The Hall–Kier alpha value is -2.87. The molecule has 14 heteroatoms. The molecule has 3 aromatic heterocycles. The van der Waals surface area contributed by atoms with E-state index in [-0.39, 0.29) is 23.5 Å². The van der Waals surface area contributed by atoms with Crippen LogP contribution in [0.15, 0.2) is 30.6 Å². The van der Waals surface area contributed by atoms with Crippen molar-refractivity contribution in [2.75, 3.05) is 18.9 Å². The number of pyridine rings is 1. The molecule has 4 rings (SSSR count). The van der Waals surface area contributed by atoms with E-state index in [4.69, 9.17) is 25.8 Å². The normalized spacial score (nSPS) is 18.9. The second-order valence-corrected chi connectivity index (χ2v) is 11.8. The van der Waals surface area contributed by atoms with E-state index >= 15 is 0 Å². The molecular formula is C23H30ClN7O5S. The van der Waals surface area contributed by atoms with Gasteiger partial charge < -0.3 is 14.2 Å². The molecule has 0 amide bonds. The van der Waals surface area contributed by atoms with Gasteiger partial charge in [0.1, 0.15) is 17.0 Å². The van der Waals surface area contributed by atoms with E-state index in [1.807, 2.05) is 13.8 Å². The standard InChI is InChI=1S/C23H30ClN7O5S/c1-14(19(35-5)20-25-11-15(24)12-26-20)37(32,33)30-22-29-28-21(17-7-6-8-18(27-17)34-4)31(22)13-16-9-10-23(2,3)36-16/h6-8,11-12,14,16,19H,9-10,13H2,1-5H3,(H,29,30)/t14?,16-,19?/m0/s1. The van der Waals surface area contributed by atoms with Crippen molar-refractivity contribution in [1.82, 2.24) is 29.7 Å². The molecule has 2 unspecified atom stereocenters. The maximum Gasteiger partial charge on any atom is 0.240 e. The van der Waals surface area contributed by atoms with Crippen molar-refractivity contribution >= 4 is 27.6 Å². The first-order valence-corrected chi connectivity index (χ1v) is 13.6. The number of rotatable bonds is 10. The first kappa shape index (κ1) is 27.2. The first-order valence-electron chi connectivity index (χ1n) is 11.7. The number of nitrogens with zero attached hydrogens (tertiary/aromatic N) is 6. The second-order valence-electron chi connectivity index (χ2n) is 9.33. The number of anilines is 1. The Morgan fingerprint density at radius 2 is 1.97 bits per heavy atom. The Morgan fingerprint density at radius 1 is 1.24 bits per heavy atom. The van der Waals surface area contributed by atoms with Gasteiger partial charge in [0.05, 0.1) is 30.4 Å². The van der Waals surface area contributed by atoms with Gasteiger partial charge in [0, 0.05) is 25.6 Å². The number of nitrogens with one attached hydrogen (secondary N) is 1. The van der Waals surface area contributed by atoms with Gasteiger partial charge in [-0.25, -0.2) is 23.4 Å². The van der Waals surface area contributed by atoms with Gasteiger partial charge in [0.15, 0.2) is 11.6 Å². The van der Waals surface area contributed by atoms with Crippen LogP contribution in [-0.4, -0.2) is 69.3 Å². The molecule has 0 spiro atoms. The van der Waals surface area contributed by atoms with E-state index in [9.17, 15) is 8.42 Å². The van der Waals surface area contributed by atoms with Crippen LogP contribution in [0.3, 0.4) is 0 Å². The first-order chi connectivity index (χ1) is 17.5. The number of aromatic nitrogens is 6. The summed E-state index contributed by atoms with van der Waals surface area (Å²) in [6.45, 7) is 5.88. The molecule has 1 fully saturated rings. The summed E-state index contributed by atoms with van der Waals surface area (Å²) in [7, 11) is -1.13. The minimum atomic E-state index is -4.04. The number of sulfonamides is 1. The SMILES string of the molecule is COc1cccc(-c2nnc(NS(=O)(=O)C(C)C(OC)c3ncc(Cl)cn3)n2C[C@@H]2CCC(C)(C)O2)n1. The van der Waals surface area contributed by atoms with Crippen LogP contribution in [0.1, 0.15) is 45.5 Å². The van der Waals surface area contributed by atoms with E-state index < -0.39 is 21.4 Å². The molecule has 1 N–H and O–H groups in total. The number of halogens is 1. The van der Waals surface area contributed by atoms with Crippen LogP contribution in [0.2, 0.25) is 5.02 Å². The Balaban J connectivity index is 1.67. The number of ether oxygens (including phenoxy) is 3. The van der Waals surface area contributed by atoms with Gasteiger partial charge in [0.2, 0.25) is 21.9 Å². The van der Waals surface area contributed by atoms with Gasteiger partial charge in [0.25, 0.3) is 0 Å². The van der Waals surface area contributed by atoms with Crippen molar-refractivity contribution in [2.45, 2.75) is 63.2 Å². The van der Waals surface area contributed by atoms with E-state index in [2.05, 4.69) is 29.9 Å². The van der Waals surface area contributed by atoms with Crippen LogP contribution in [0.5, 0.6) is 5.88 Å². The molecule has 0 aliphatic carbocycles. The fourth-order valence-corrected chi connectivity index (χ4v) is 5.41. The van der Waals surface area contributed by atoms with Gasteiger partial charge in [-0.05, 0) is 39.7 Å². The van der Waals surface area contributed by atoms with Crippen molar-refractivity contribution in [1.29, 1.82) is 0 Å². The van der Waals surface area contributed by atoms with Crippen molar-refractivity contribution in [2.24, 2.45) is 0 Å². The Bertz CT molecular complexity index is 1330. The molecule has 3 atom stereocenters. The molecule has 1 saturated heterocycles. The molecule has 37 heavy (non-hydrogen) atoms. The molecule has 1 aliphatic heterocycles. The molecule has 200 valence electrons. The summed E-state index contributed by atoms with van der Waals surface area (Å²) >= 11 is 5.88. The topological polar surface area (TPSA) is 143 Å². The van der Waals surface area contributed by atoms with Crippen LogP contribution in [0.4, 0.5) is 5.95 Å². The third kappa shape index (κ3) is 6.17. The van der Waals surface area contributed by atoms with Gasteiger partial charge in [-0.2, -0.15) is 0 Å². The van der Waals surface area contributed by atoms with Crippen LogP contribution >= 0.6 is 11.6 Å². The Morgan fingerprint density at radius 3 is 2.59 bits per heavy atom. The number of hydrogen-bond acceptors (Lipinski definition) is 10. The van der Waals surface area contributed by atoms with Crippen molar-refractivity contribution in [3.63, 3.8) is 0 Å². The van der Waals surface area contributed by atoms with Gasteiger partial charge >= 0.3 is 0 Å². The molecule has 3 aromatic rings. The molecule has 4 heterocycles. The third-order valence-electron chi connectivity index (χ3n) is 6.15. The van der Waals surface area contributed by atoms with Gasteiger partial charge in [-0.1, -0.05) is 17.7 Å². The summed E-state index contributed by atoms with van der Waals surface area (Å²) in [6.07, 6.45) is 3.33. The number of methoxy groups -OCH3 is 2. The number of hydrogen-bond donors (Lipinski definition) is 1. The highest BCUT2D eigenvalue weighted by Crippen LogP contribution is 2.32. The maximum absolute atomic E-state index is 13.5. The molecular weight excluding hydrogens is 522 g/mol. The molecule has 0 bridgehead atoms. The summed E-state index contributed by atoms with van der Waals surface area (Å²) in [4.78, 5) is 12.7. The van der Waals surface area contributed by atoms with Crippen LogP contribution < -0.4 is 9.46 Å². The summed E-state index contributed by atoms with van der Waals surface area (Å²) in [5, 5.41) is 7.67. The molecule has 12 nitrogen and oxygen atoms in total. The zero-order chi connectivity index (χ0) is 26.8. The van der Waals surface area contributed by atoms with Crippen LogP contribution in [-0.2, 0) is 26.0 Å². The highest BCUT2D eigenvalue weighted by Gasteiger charge is 2.36. The third-order valence-corrected chi connectivity index (χ3v) is 8.04. The van der Waals surface area contributed by atoms with Crippen molar-refractivity contribution < 1.29 is 22.6 Å². The fraction of sp³-hybridized carbons (Fsp3) is 0.522. The predicted molar refractivity (Wildman–Crippen MR) is 137 cm³/mol. The average molecular weight is 552 g/mol. The highest BCUT2D eigenvalue weighted by molar-refractivity contribution is 7.93. The second kappa shape index (κ2) is 10.9. The van der Waals surface area contributed by atoms with Gasteiger partial charge in [-0.3, -0.25) is 9.29 Å². The largest absolute Gasteiger partial charge is 0.481 e. The van der Waals surface area contributed by atoms with Crippen LogP contribution in [0.25, 0.3) is 11.5 Å². The minimum absolute atomic E-state index is 0.0339. The lowest BCUT2D eigenvalue weighted by molar-refractivity contribution is -0.0213. The Labute approximate surface area is 220 Å². The molecule has 0 radical (unpaired) electrons. The van der Waals surface area contributed by atoms with Gasteiger partial charge in [-0.15, -0.1) is 10.2 Å². The monoisotopic (exact) mass is 551 g/mol. The Kier molecular flexibility index (Phi) is 7.97. The lowest BCUT2D eigenvalue weighted by Gasteiger charge is -2.23. The lowest BCUT2D eigenvalue weighted by atomic mass is 10.1. The lowest BCUT2D eigenvalue weighted by Crippen LogP contribution is -2.34. The van der Waals surface area contributed by atoms with E-state index in [1.54, 1.807) is 22.8 Å². The average Bonchev–Trinajstić information content (AvgIpc) is 3.42. The van der Waals surface area contributed by atoms with E-state index in [0.717, 1.165) is 12.8 Å². The summed E-state index contributed by atoms with van der Waals surface area (Å²) in [5.74, 6) is 0.995. The van der Waals surface area contributed by atoms with Crippen LogP contribution in [0, 0.1) is 0 Å². The molecule has 1 aliphatic rings.